The van der Waals surface area contributed by atoms with Crippen molar-refractivity contribution in [3.63, 3.8) is 0 Å². The van der Waals surface area contributed by atoms with E-state index in [9.17, 15) is 4.21 Å². The molecule has 0 aliphatic rings. The summed E-state index contributed by atoms with van der Waals surface area (Å²) in [5.74, 6) is 0.900. The number of nitrogen functional groups attached to an aromatic ring is 1. The van der Waals surface area contributed by atoms with Crippen LogP contribution in [0, 0.1) is 0 Å². The van der Waals surface area contributed by atoms with Crippen LogP contribution in [-0.4, -0.2) is 11.3 Å². The predicted octanol–water partition coefficient (Wildman–Crippen LogP) is 3.89. The Morgan fingerprint density at radius 3 is 2.50 bits per heavy atom. The van der Waals surface area contributed by atoms with Crippen molar-refractivity contribution in [3.05, 3.63) is 52.0 Å². The molecule has 0 fully saturated rings. The van der Waals surface area contributed by atoms with Gasteiger partial charge in [-0.2, -0.15) is 0 Å². The molecule has 20 heavy (non-hydrogen) atoms. The van der Waals surface area contributed by atoms with Crippen LogP contribution in [0.15, 0.2) is 41.3 Å². The number of hydrogen-bond donors (Lipinski definition) is 1. The first kappa shape index (κ1) is 15.2. The number of nitrogens with two attached hydrogens (primary N) is 1. The summed E-state index contributed by atoms with van der Waals surface area (Å²) in [6.45, 7) is 0. The first-order valence-electron chi connectivity index (χ1n) is 5.77. The Morgan fingerprint density at radius 2 is 1.80 bits per heavy atom. The first-order valence-corrected chi connectivity index (χ1v) is 7.84. The van der Waals surface area contributed by atoms with Gasteiger partial charge in [0.25, 0.3) is 0 Å². The zero-order valence-electron chi connectivity index (χ0n) is 10.7. The fourth-order valence-corrected chi connectivity index (χ4v) is 3.47. The maximum absolute atomic E-state index is 12.4. The molecule has 2 aromatic rings. The molecule has 0 saturated carbocycles. The van der Waals surface area contributed by atoms with Crippen molar-refractivity contribution in [2.24, 2.45) is 0 Å². The molecule has 0 bridgehead atoms. The molecule has 2 aromatic carbocycles. The lowest BCUT2D eigenvalue weighted by molar-refractivity contribution is 0.411. The summed E-state index contributed by atoms with van der Waals surface area (Å²) >= 11 is 11.9. The average Bonchev–Trinajstić information content (AvgIpc) is 2.41. The van der Waals surface area contributed by atoms with Gasteiger partial charge in [0.15, 0.2) is 0 Å². The Kier molecular flexibility index (Phi) is 4.91. The smallest absolute Gasteiger partial charge is 0.123 e. The summed E-state index contributed by atoms with van der Waals surface area (Å²) in [6, 6.07) is 10.1. The lowest BCUT2D eigenvalue weighted by atomic mass is 10.2. The van der Waals surface area contributed by atoms with Crippen LogP contribution in [0.2, 0.25) is 10.0 Å². The van der Waals surface area contributed by atoms with Crippen LogP contribution in [0.25, 0.3) is 0 Å². The first-order chi connectivity index (χ1) is 9.51. The van der Waals surface area contributed by atoms with Crippen molar-refractivity contribution in [2.75, 3.05) is 12.8 Å². The quantitative estimate of drug-likeness (QED) is 0.865. The molecule has 0 heterocycles. The zero-order chi connectivity index (χ0) is 14.7. The summed E-state index contributed by atoms with van der Waals surface area (Å²) in [6.07, 6.45) is 0. The van der Waals surface area contributed by atoms with Crippen LogP contribution in [0.1, 0.15) is 5.56 Å². The van der Waals surface area contributed by atoms with E-state index in [4.69, 9.17) is 33.7 Å². The number of hydrogen-bond acceptors (Lipinski definition) is 3. The van der Waals surface area contributed by atoms with E-state index in [0.29, 0.717) is 26.4 Å². The van der Waals surface area contributed by atoms with Gasteiger partial charge in [0.2, 0.25) is 0 Å². The van der Waals surface area contributed by atoms with Crippen molar-refractivity contribution in [1.29, 1.82) is 0 Å². The Balaban J connectivity index is 2.32. The highest BCUT2D eigenvalue weighted by Gasteiger charge is 2.13. The van der Waals surface area contributed by atoms with Gasteiger partial charge in [-0.1, -0.05) is 23.2 Å². The average molecular weight is 330 g/mol. The lowest BCUT2D eigenvalue weighted by Crippen LogP contribution is -2.02. The Hall–Kier alpha value is -1.23. The highest BCUT2D eigenvalue weighted by molar-refractivity contribution is 7.84. The van der Waals surface area contributed by atoms with Crippen molar-refractivity contribution in [2.45, 2.75) is 10.6 Å². The second-order valence-electron chi connectivity index (χ2n) is 4.13. The van der Waals surface area contributed by atoms with E-state index >= 15 is 0 Å². The topological polar surface area (TPSA) is 52.3 Å². The van der Waals surface area contributed by atoms with Crippen molar-refractivity contribution < 1.29 is 8.95 Å². The summed E-state index contributed by atoms with van der Waals surface area (Å²) in [7, 11) is 0.234. The molecule has 0 amide bonds. The monoisotopic (exact) mass is 329 g/mol. The van der Waals surface area contributed by atoms with E-state index in [1.807, 2.05) is 0 Å². The van der Waals surface area contributed by atoms with Crippen molar-refractivity contribution in [1.82, 2.24) is 0 Å². The van der Waals surface area contributed by atoms with Gasteiger partial charge in [-0.15, -0.1) is 0 Å². The van der Waals surface area contributed by atoms with Gasteiger partial charge in [-0.25, -0.2) is 0 Å². The summed E-state index contributed by atoms with van der Waals surface area (Å²) < 4.78 is 17.7. The van der Waals surface area contributed by atoms with Gasteiger partial charge in [0.05, 0.1) is 28.6 Å². The Labute approximate surface area is 130 Å². The molecule has 106 valence electrons. The molecule has 2 N–H and O–H groups in total. The third-order valence-electron chi connectivity index (χ3n) is 2.75. The van der Waals surface area contributed by atoms with Gasteiger partial charge in [-0.05, 0) is 36.4 Å². The van der Waals surface area contributed by atoms with E-state index in [-0.39, 0.29) is 5.75 Å². The lowest BCUT2D eigenvalue weighted by Gasteiger charge is -2.10. The molecule has 0 aromatic heterocycles. The maximum atomic E-state index is 12.4. The maximum Gasteiger partial charge on any atom is 0.123 e. The number of halogens is 2. The minimum atomic E-state index is -1.32. The van der Waals surface area contributed by atoms with Gasteiger partial charge in [-0.3, -0.25) is 4.21 Å². The van der Waals surface area contributed by atoms with E-state index in [0.717, 1.165) is 5.56 Å². The minimum absolute atomic E-state index is 0.258. The summed E-state index contributed by atoms with van der Waals surface area (Å²) in [5, 5.41) is 1.07. The predicted molar refractivity (Wildman–Crippen MR) is 84.0 cm³/mol. The molecular formula is C14H13Cl2NO2S. The SMILES string of the molecule is COc1ccc(Cl)cc1CS(=O)c1cc(Cl)ccc1N. The molecule has 0 saturated heterocycles. The minimum Gasteiger partial charge on any atom is -0.496 e. The highest BCUT2D eigenvalue weighted by Crippen LogP contribution is 2.28. The van der Waals surface area contributed by atoms with Crippen LogP contribution in [0.3, 0.4) is 0 Å². The van der Waals surface area contributed by atoms with Crippen molar-refractivity contribution in [3.8, 4) is 5.75 Å². The fourth-order valence-electron chi connectivity index (χ4n) is 1.78. The van der Waals surface area contributed by atoms with Crippen LogP contribution in [0.5, 0.6) is 5.75 Å². The zero-order valence-corrected chi connectivity index (χ0v) is 13.1. The standard InChI is InChI=1S/C14H13Cl2NO2S/c1-19-13-5-3-10(15)6-9(13)8-20(18)14-7-11(16)2-4-12(14)17/h2-7H,8,17H2,1H3. The van der Waals surface area contributed by atoms with Crippen molar-refractivity contribution >= 4 is 39.7 Å². The molecule has 3 nitrogen and oxygen atoms in total. The molecule has 0 spiro atoms. The van der Waals surface area contributed by atoms with E-state index in [1.165, 1.54) is 0 Å². The molecule has 2 rings (SSSR count). The number of ether oxygens (including phenoxy) is 1. The van der Waals surface area contributed by atoms with Gasteiger partial charge >= 0.3 is 0 Å². The number of anilines is 1. The Morgan fingerprint density at radius 1 is 1.15 bits per heavy atom. The fraction of sp³-hybridized carbons (Fsp3) is 0.143. The van der Waals surface area contributed by atoms with Crippen LogP contribution < -0.4 is 10.5 Å². The largest absolute Gasteiger partial charge is 0.496 e. The Bertz CT molecular complexity index is 662. The van der Waals surface area contributed by atoms with E-state index < -0.39 is 10.8 Å². The summed E-state index contributed by atoms with van der Waals surface area (Å²) in [5.41, 5.74) is 7.05. The second kappa shape index (κ2) is 6.48. The van der Waals surface area contributed by atoms with Crippen LogP contribution >= 0.6 is 23.2 Å². The van der Waals surface area contributed by atoms with Crippen LogP contribution in [-0.2, 0) is 16.6 Å². The molecule has 0 aliphatic heterocycles. The van der Waals surface area contributed by atoms with Gasteiger partial charge in [0, 0.05) is 21.3 Å². The van der Waals surface area contributed by atoms with Gasteiger partial charge in [0.1, 0.15) is 5.75 Å². The second-order valence-corrected chi connectivity index (χ2v) is 6.42. The molecular weight excluding hydrogens is 317 g/mol. The molecule has 1 unspecified atom stereocenters. The summed E-state index contributed by atoms with van der Waals surface area (Å²) in [4.78, 5) is 0.513. The number of benzene rings is 2. The third kappa shape index (κ3) is 3.45. The van der Waals surface area contributed by atoms with Crippen LogP contribution in [0.4, 0.5) is 5.69 Å². The van der Waals surface area contributed by atoms with E-state index in [2.05, 4.69) is 0 Å². The molecule has 0 radical (unpaired) electrons. The molecule has 0 aliphatic carbocycles. The molecule has 6 heteroatoms. The number of methoxy groups -OCH3 is 1. The van der Waals surface area contributed by atoms with E-state index in [1.54, 1.807) is 43.5 Å². The third-order valence-corrected chi connectivity index (χ3v) is 4.64. The number of rotatable bonds is 4. The molecule has 1 atom stereocenters. The van der Waals surface area contributed by atoms with Gasteiger partial charge < -0.3 is 10.5 Å². The normalized spacial score (nSPS) is 12.2. The highest BCUT2D eigenvalue weighted by atomic mass is 35.5.